The lowest BCUT2D eigenvalue weighted by atomic mass is 9.88. The number of carbonyl (C=O) groups is 1. The number of ether oxygens (including phenoxy) is 2. The van der Waals surface area contributed by atoms with Crippen LogP contribution in [0, 0.1) is 5.41 Å². The Labute approximate surface area is 126 Å². The minimum absolute atomic E-state index is 0.0404. The molecule has 2 rings (SSSR count). The Morgan fingerprint density at radius 1 is 1.38 bits per heavy atom. The largest absolute Gasteiger partial charge is 0.497 e. The summed E-state index contributed by atoms with van der Waals surface area (Å²) in [7, 11) is 1.63. The zero-order valence-electron chi connectivity index (χ0n) is 13.7. The van der Waals surface area contributed by atoms with Gasteiger partial charge >= 0.3 is 0 Å². The summed E-state index contributed by atoms with van der Waals surface area (Å²) in [6.07, 6.45) is 0.744. The van der Waals surface area contributed by atoms with Crippen LogP contribution in [0.15, 0.2) is 18.2 Å². The molecule has 21 heavy (non-hydrogen) atoms. The van der Waals surface area contributed by atoms with E-state index in [4.69, 9.17) is 9.47 Å². The molecule has 0 fully saturated rings. The van der Waals surface area contributed by atoms with E-state index in [1.54, 1.807) is 7.11 Å². The highest BCUT2D eigenvalue weighted by Gasteiger charge is 2.36. The molecule has 0 spiro atoms. The van der Waals surface area contributed by atoms with Gasteiger partial charge < -0.3 is 14.8 Å². The van der Waals surface area contributed by atoms with E-state index < -0.39 is 5.41 Å². The van der Waals surface area contributed by atoms with Gasteiger partial charge in [-0.1, -0.05) is 20.8 Å². The van der Waals surface area contributed by atoms with Crippen molar-refractivity contribution in [1.29, 1.82) is 0 Å². The fourth-order valence-electron chi connectivity index (χ4n) is 2.46. The van der Waals surface area contributed by atoms with E-state index in [9.17, 15) is 4.79 Å². The molecule has 0 bridgehead atoms. The first kappa shape index (κ1) is 15.7. The highest BCUT2D eigenvalue weighted by molar-refractivity contribution is 5.82. The molecule has 0 saturated heterocycles. The maximum atomic E-state index is 12.3. The van der Waals surface area contributed by atoms with Crippen molar-refractivity contribution in [2.45, 2.75) is 52.7 Å². The zero-order chi connectivity index (χ0) is 15.8. The van der Waals surface area contributed by atoms with Crippen molar-refractivity contribution >= 4 is 5.91 Å². The average molecular weight is 291 g/mol. The van der Waals surface area contributed by atoms with Crippen LogP contribution in [0.1, 0.15) is 52.6 Å². The van der Waals surface area contributed by atoms with Crippen molar-refractivity contribution in [3.63, 3.8) is 0 Å². The number of fused-ring (bicyclic) bond motifs is 1. The van der Waals surface area contributed by atoms with E-state index >= 15 is 0 Å². The molecule has 4 nitrogen and oxygen atoms in total. The number of amides is 1. The minimum atomic E-state index is -0.408. The zero-order valence-corrected chi connectivity index (χ0v) is 13.7. The van der Waals surface area contributed by atoms with Crippen molar-refractivity contribution in [2.24, 2.45) is 5.41 Å². The molecule has 0 aromatic heterocycles. The first-order valence-electron chi connectivity index (χ1n) is 7.30. The van der Waals surface area contributed by atoms with Crippen LogP contribution in [0.4, 0.5) is 0 Å². The maximum Gasteiger partial charge on any atom is 0.225 e. The monoisotopic (exact) mass is 291 g/mol. The standard InChI is InChI=1S/C17H25NO3/c1-16(2,3)15(19)18-13-10-17(4,5)21-14-9-11(20-6)7-8-12(13)14/h7-9,13H,10H2,1-6H3,(H,18,19). The van der Waals surface area contributed by atoms with E-state index in [0.29, 0.717) is 0 Å². The van der Waals surface area contributed by atoms with Crippen LogP contribution in [0.25, 0.3) is 0 Å². The molecule has 1 amide bonds. The molecular formula is C17H25NO3. The van der Waals surface area contributed by atoms with Gasteiger partial charge in [0.15, 0.2) is 0 Å². The second kappa shape index (κ2) is 5.24. The number of carbonyl (C=O) groups excluding carboxylic acids is 1. The lowest BCUT2D eigenvalue weighted by Gasteiger charge is -2.38. The van der Waals surface area contributed by atoms with E-state index in [0.717, 1.165) is 23.5 Å². The molecule has 1 N–H and O–H groups in total. The number of benzene rings is 1. The predicted molar refractivity (Wildman–Crippen MR) is 82.7 cm³/mol. The van der Waals surface area contributed by atoms with E-state index in [1.165, 1.54) is 0 Å². The summed E-state index contributed by atoms with van der Waals surface area (Å²) in [6, 6.07) is 5.71. The Morgan fingerprint density at radius 2 is 2.05 bits per heavy atom. The van der Waals surface area contributed by atoms with Crippen molar-refractivity contribution in [2.75, 3.05) is 7.11 Å². The number of hydrogen-bond donors (Lipinski definition) is 1. The highest BCUT2D eigenvalue weighted by atomic mass is 16.5. The van der Waals surface area contributed by atoms with Gasteiger partial charge in [0.2, 0.25) is 5.91 Å². The molecule has 4 heteroatoms. The quantitative estimate of drug-likeness (QED) is 0.907. The Balaban J connectivity index is 2.33. The SMILES string of the molecule is COc1ccc2c(c1)OC(C)(C)CC2NC(=O)C(C)(C)C. The summed E-state index contributed by atoms with van der Waals surface area (Å²) in [6.45, 7) is 9.82. The van der Waals surface area contributed by atoms with Gasteiger partial charge in [0.05, 0.1) is 13.2 Å². The van der Waals surface area contributed by atoms with E-state index in [-0.39, 0.29) is 17.6 Å². The molecule has 116 valence electrons. The summed E-state index contributed by atoms with van der Waals surface area (Å²) in [5, 5.41) is 3.15. The summed E-state index contributed by atoms with van der Waals surface area (Å²) in [5.74, 6) is 1.59. The van der Waals surface area contributed by atoms with Gasteiger partial charge in [-0.05, 0) is 26.0 Å². The molecule has 0 radical (unpaired) electrons. The molecule has 1 aromatic rings. The van der Waals surface area contributed by atoms with Crippen molar-refractivity contribution < 1.29 is 14.3 Å². The number of rotatable bonds is 2. The average Bonchev–Trinajstić information content (AvgIpc) is 2.35. The van der Waals surface area contributed by atoms with Crippen LogP contribution in [0.5, 0.6) is 11.5 Å². The molecule has 1 aliphatic rings. The normalized spacial score (nSPS) is 20.2. The lowest BCUT2D eigenvalue weighted by molar-refractivity contribution is -0.129. The maximum absolute atomic E-state index is 12.3. The Morgan fingerprint density at radius 3 is 2.62 bits per heavy atom. The molecule has 1 aliphatic heterocycles. The number of nitrogens with one attached hydrogen (secondary N) is 1. The molecule has 1 heterocycles. The van der Waals surface area contributed by atoms with Gasteiger partial charge in [-0.3, -0.25) is 4.79 Å². The topological polar surface area (TPSA) is 47.6 Å². The number of hydrogen-bond acceptors (Lipinski definition) is 3. The minimum Gasteiger partial charge on any atom is -0.497 e. The summed E-state index contributed by atoms with van der Waals surface area (Å²) < 4.78 is 11.3. The fraction of sp³-hybridized carbons (Fsp3) is 0.588. The molecule has 0 aliphatic carbocycles. The van der Waals surface area contributed by atoms with Crippen LogP contribution in [0.2, 0.25) is 0 Å². The molecule has 1 atom stereocenters. The third-order valence-electron chi connectivity index (χ3n) is 3.66. The highest BCUT2D eigenvalue weighted by Crippen LogP contribution is 2.41. The summed E-state index contributed by atoms with van der Waals surface area (Å²) in [4.78, 5) is 12.3. The second-order valence-electron chi connectivity index (χ2n) is 7.25. The molecule has 0 saturated carbocycles. The van der Waals surface area contributed by atoms with Crippen LogP contribution >= 0.6 is 0 Å². The Kier molecular flexibility index (Phi) is 3.91. The third-order valence-corrected chi connectivity index (χ3v) is 3.66. The van der Waals surface area contributed by atoms with Crippen molar-refractivity contribution in [3.05, 3.63) is 23.8 Å². The molecular weight excluding hydrogens is 266 g/mol. The number of methoxy groups -OCH3 is 1. The Hall–Kier alpha value is -1.71. The van der Waals surface area contributed by atoms with Gasteiger partial charge in [-0.2, -0.15) is 0 Å². The van der Waals surface area contributed by atoms with E-state index in [2.05, 4.69) is 5.32 Å². The fourth-order valence-corrected chi connectivity index (χ4v) is 2.46. The molecule has 1 unspecified atom stereocenters. The lowest BCUT2D eigenvalue weighted by Crippen LogP contribution is -2.44. The van der Waals surface area contributed by atoms with Crippen molar-refractivity contribution in [1.82, 2.24) is 5.32 Å². The molecule has 1 aromatic carbocycles. The smallest absolute Gasteiger partial charge is 0.225 e. The van der Waals surface area contributed by atoms with Crippen LogP contribution in [0.3, 0.4) is 0 Å². The van der Waals surface area contributed by atoms with Crippen LogP contribution in [-0.2, 0) is 4.79 Å². The summed E-state index contributed by atoms with van der Waals surface area (Å²) >= 11 is 0. The second-order valence-corrected chi connectivity index (χ2v) is 7.25. The first-order valence-corrected chi connectivity index (χ1v) is 7.30. The first-order chi connectivity index (χ1) is 9.62. The van der Waals surface area contributed by atoms with E-state index in [1.807, 2.05) is 52.8 Å². The van der Waals surface area contributed by atoms with Gasteiger partial charge in [-0.25, -0.2) is 0 Å². The van der Waals surface area contributed by atoms with Gasteiger partial charge in [0, 0.05) is 23.5 Å². The Bertz CT molecular complexity index is 543. The van der Waals surface area contributed by atoms with Gasteiger partial charge in [0.1, 0.15) is 17.1 Å². The third kappa shape index (κ3) is 3.49. The predicted octanol–water partition coefficient (Wildman–Crippen LogP) is 3.46. The van der Waals surface area contributed by atoms with Gasteiger partial charge in [0.25, 0.3) is 0 Å². The van der Waals surface area contributed by atoms with Gasteiger partial charge in [-0.15, -0.1) is 0 Å². The van der Waals surface area contributed by atoms with Crippen LogP contribution < -0.4 is 14.8 Å². The van der Waals surface area contributed by atoms with Crippen LogP contribution in [-0.4, -0.2) is 18.6 Å². The summed E-state index contributed by atoms with van der Waals surface area (Å²) in [5.41, 5.74) is 0.275. The van der Waals surface area contributed by atoms with Crippen molar-refractivity contribution in [3.8, 4) is 11.5 Å².